The number of hydrogen-bond acceptors (Lipinski definition) is 3. The fourth-order valence-electron chi connectivity index (χ4n) is 1.90. The van der Waals surface area contributed by atoms with Crippen molar-refractivity contribution in [1.29, 1.82) is 0 Å². The fourth-order valence-corrected chi connectivity index (χ4v) is 1.90. The Morgan fingerprint density at radius 1 is 1.16 bits per heavy atom. The molecule has 0 radical (unpaired) electrons. The van der Waals surface area contributed by atoms with Gasteiger partial charge in [-0.25, -0.2) is 4.39 Å². The van der Waals surface area contributed by atoms with Crippen LogP contribution in [0.25, 0.3) is 0 Å². The fraction of sp³-hybridized carbons (Fsp3) is 0.200. The van der Waals surface area contributed by atoms with Crippen molar-refractivity contribution in [2.45, 2.75) is 6.54 Å². The van der Waals surface area contributed by atoms with E-state index in [0.29, 0.717) is 6.54 Å². The molecule has 0 aromatic heterocycles. The first-order valence-corrected chi connectivity index (χ1v) is 6.00. The van der Waals surface area contributed by atoms with E-state index in [1.165, 1.54) is 6.07 Å². The first-order valence-electron chi connectivity index (χ1n) is 6.00. The largest absolute Gasteiger partial charge is 0.497 e. The quantitative estimate of drug-likeness (QED) is 0.859. The molecule has 0 aliphatic carbocycles. The molecule has 0 bridgehead atoms. The van der Waals surface area contributed by atoms with E-state index in [2.05, 4.69) is 0 Å². The number of methoxy groups -OCH3 is 1. The zero-order valence-electron chi connectivity index (χ0n) is 11.1. The summed E-state index contributed by atoms with van der Waals surface area (Å²) in [6, 6.07) is 12.6. The van der Waals surface area contributed by atoms with Gasteiger partial charge in [0.25, 0.3) is 0 Å². The molecule has 3 nitrogen and oxygen atoms in total. The summed E-state index contributed by atoms with van der Waals surface area (Å²) < 4.78 is 18.5. The van der Waals surface area contributed by atoms with Crippen molar-refractivity contribution in [3.05, 3.63) is 53.8 Å². The number of anilines is 2. The maximum absolute atomic E-state index is 13.4. The molecule has 19 heavy (non-hydrogen) atoms. The van der Waals surface area contributed by atoms with Crippen LogP contribution in [0.15, 0.2) is 42.5 Å². The third kappa shape index (κ3) is 2.96. The van der Waals surface area contributed by atoms with E-state index in [-0.39, 0.29) is 11.5 Å². The van der Waals surface area contributed by atoms with E-state index in [9.17, 15) is 4.39 Å². The van der Waals surface area contributed by atoms with Gasteiger partial charge in [0.15, 0.2) is 0 Å². The summed E-state index contributed by atoms with van der Waals surface area (Å²) in [5.74, 6) is 0.433. The molecule has 2 rings (SSSR count). The van der Waals surface area contributed by atoms with Gasteiger partial charge in [0.2, 0.25) is 0 Å². The van der Waals surface area contributed by atoms with Crippen molar-refractivity contribution in [2.75, 3.05) is 24.8 Å². The molecule has 0 spiro atoms. The van der Waals surface area contributed by atoms with Crippen LogP contribution in [-0.2, 0) is 6.54 Å². The van der Waals surface area contributed by atoms with E-state index in [4.69, 9.17) is 10.5 Å². The minimum absolute atomic E-state index is 0.211. The molecule has 0 fully saturated rings. The van der Waals surface area contributed by atoms with Gasteiger partial charge in [0.1, 0.15) is 11.6 Å². The van der Waals surface area contributed by atoms with Gasteiger partial charge in [-0.05, 0) is 35.9 Å². The average molecular weight is 260 g/mol. The number of hydrogen-bond donors (Lipinski definition) is 1. The molecule has 0 saturated carbocycles. The molecule has 0 heterocycles. The normalized spacial score (nSPS) is 10.3. The Kier molecular flexibility index (Phi) is 3.90. The molecular formula is C15H17FN2O. The summed E-state index contributed by atoms with van der Waals surface area (Å²) in [6.07, 6.45) is 0. The molecule has 4 heteroatoms. The van der Waals surface area contributed by atoms with Gasteiger partial charge in [0.05, 0.1) is 12.8 Å². The highest BCUT2D eigenvalue weighted by Crippen LogP contribution is 2.22. The van der Waals surface area contributed by atoms with Gasteiger partial charge in [-0.3, -0.25) is 0 Å². The lowest BCUT2D eigenvalue weighted by Crippen LogP contribution is -2.17. The molecule has 0 aliphatic rings. The molecule has 0 atom stereocenters. The SMILES string of the molecule is COc1ccc(N(C)Cc2cccc(F)c2N)cc1. The van der Waals surface area contributed by atoms with Crippen LogP contribution in [-0.4, -0.2) is 14.2 Å². The second kappa shape index (κ2) is 5.61. The highest BCUT2D eigenvalue weighted by molar-refractivity contribution is 5.53. The number of benzene rings is 2. The predicted molar refractivity (Wildman–Crippen MR) is 75.9 cm³/mol. The van der Waals surface area contributed by atoms with Crippen molar-refractivity contribution < 1.29 is 9.13 Å². The Balaban J connectivity index is 2.15. The minimum Gasteiger partial charge on any atom is -0.497 e. The third-order valence-corrected chi connectivity index (χ3v) is 3.06. The molecule has 100 valence electrons. The van der Waals surface area contributed by atoms with Crippen molar-refractivity contribution >= 4 is 11.4 Å². The first-order chi connectivity index (χ1) is 9.11. The average Bonchev–Trinajstić information content (AvgIpc) is 2.44. The molecule has 0 amide bonds. The van der Waals surface area contributed by atoms with Crippen molar-refractivity contribution in [3.63, 3.8) is 0 Å². The van der Waals surface area contributed by atoms with Crippen molar-refractivity contribution in [3.8, 4) is 5.75 Å². The van der Waals surface area contributed by atoms with Gasteiger partial charge in [-0.2, -0.15) is 0 Å². The first kappa shape index (κ1) is 13.2. The smallest absolute Gasteiger partial charge is 0.146 e. The Bertz CT molecular complexity index is 555. The molecule has 2 aromatic carbocycles. The summed E-state index contributed by atoms with van der Waals surface area (Å²) in [5.41, 5.74) is 7.74. The predicted octanol–water partition coefficient (Wildman–Crippen LogP) is 3.05. The number of halogens is 1. The Hall–Kier alpha value is -2.23. The second-order valence-corrected chi connectivity index (χ2v) is 4.37. The number of rotatable bonds is 4. The topological polar surface area (TPSA) is 38.5 Å². The van der Waals surface area contributed by atoms with Crippen LogP contribution in [0.2, 0.25) is 0 Å². The number of nitrogens with zero attached hydrogens (tertiary/aromatic N) is 1. The van der Waals surface area contributed by atoms with Crippen LogP contribution in [0.5, 0.6) is 5.75 Å². The Labute approximate surface area is 112 Å². The zero-order chi connectivity index (χ0) is 13.8. The maximum Gasteiger partial charge on any atom is 0.146 e. The summed E-state index contributed by atoms with van der Waals surface area (Å²) >= 11 is 0. The molecule has 2 aromatic rings. The zero-order valence-corrected chi connectivity index (χ0v) is 11.1. The van der Waals surface area contributed by atoms with Gasteiger partial charge < -0.3 is 15.4 Å². The summed E-state index contributed by atoms with van der Waals surface area (Å²) in [4.78, 5) is 2.00. The minimum atomic E-state index is -0.374. The van der Waals surface area contributed by atoms with Crippen molar-refractivity contribution in [2.24, 2.45) is 0 Å². The van der Waals surface area contributed by atoms with E-state index in [1.54, 1.807) is 13.2 Å². The number of para-hydroxylation sites is 1. The van der Waals surface area contributed by atoms with Crippen LogP contribution in [0.1, 0.15) is 5.56 Å². The van der Waals surface area contributed by atoms with Crippen LogP contribution in [0.4, 0.5) is 15.8 Å². The van der Waals surface area contributed by atoms with Crippen LogP contribution in [0.3, 0.4) is 0 Å². The van der Waals surface area contributed by atoms with E-state index in [0.717, 1.165) is 17.0 Å². The Morgan fingerprint density at radius 2 is 1.84 bits per heavy atom. The van der Waals surface area contributed by atoms with E-state index >= 15 is 0 Å². The Morgan fingerprint density at radius 3 is 2.47 bits per heavy atom. The van der Waals surface area contributed by atoms with E-state index in [1.807, 2.05) is 42.3 Å². The van der Waals surface area contributed by atoms with Crippen LogP contribution < -0.4 is 15.4 Å². The van der Waals surface area contributed by atoms with Crippen molar-refractivity contribution in [1.82, 2.24) is 0 Å². The summed E-state index contributed by atoms with van der Waals surface area (Å²) in [6.45, 7) is 0.552. The molecule has 2 N–H and O–H groups in total. The number of ether oxygens (including phenoxy) is 1. The lowest BCUT2D eigenvalue weighted by molar-refractivity contribution is 0.415. The van der Waals surface area contributed by atoms with Gasteiger partial charge in [-0.1, -0.05) is 12.1 Å². The third-order valence-electron chi connectivity index (χ3n) is 3.06. The summed E-state index contributed by atoms with van der Waals surface area (Å²) in [5, 5.41) is 0. The van der Waals surface area contributed by atoms with Gasteiger partial charge in [0, 0.05) is 19.3 Å². The van der Waals surface area contributed by atoms with Crippen LogP contribution in [0, 0.1) is 5.82 Å². The lowest BCUT2D eigenvalue weighted by atomic mass is 10.1. The van der Waals surface area contributed by atoms with Crippen LogP contribution >= 0.6 is 0 Å². The van der Waals surface area contributed by atoms with Gasteiger partial charge in [-0.15, -0.1) is 0 Å². The molecule has 0 saturated heterocycles. The molecule has 0 aliphatic heterocycles. The highest BCUT2D eigenvalue weighted by Gasteiger charge is 2.08. The maximum atomic E-state index is 13.4. The molecule has 0 unspecified atom stereocenters. The second-order valence-electron chi connectivity index (χ2n) is 4.37. The van der Waals surface area contributed by atoms with E-state index < -0.39 is 0 Å². The van der Waals surface area contributed by atoms with Gasteiger partial charge >= 0.3 is 0 Å². The molecular weight excluding hydrogens is 243 g/mol. The lowest BCUT2D eigenvalue weighted by Gasteiger charge is -2.20. The number of nitrogens with two attached hydrogens (primary N) is 1. The number of nitrogen functional groups attached to an aromatic ring is 1. The monoisotopic (exact) mass is 260 g/mol. The highest BCUT2D eigenvalue weighted by atomic mass is 19.1. The standard InChI is InChI=1S/C15H17FN2O/c1-18(12-6-8-13(19-2)9-7-12)10-11-4-3-5-14(16)15(11)17/h3-9H,10,17H2,1-2H3. The summed E-state index contributed by atoms with van der Waals surface area (Å²) in [7, 11) is 3.57.